The highest BCUT2D eigenvalue weighted by Crippen LogP contribution is 2.32. The predicted octanol–water partition coefficient (Wildman–Crippen LogP) is 4.23. The summed E-state index contributed by atoms with van der Waals surface area (Å²) in [7, 11) is 3.55. The van der Waals surface area contributed by atoms with Crippen LogP contribution in [0.3, 0.4) is 0 Å². The van der Waals surface area contributed by atoms with E-state index in [9.17, 15) is 0 Å². The molecule has 0 fully saturated rings. The zero-order chi connectivity index (χ0) is 24.2. The molecule has 0 radical (unpaired) electrons. The summed E-state index contributed by atoms with van der Waals surface area (Å²) in [5.74, 6) is 1.79. The van der Waals surface area contributed by atoms with Crippen LogP contribution in [0, 0.1) is 0 Å². The molecule has 4 heterocycles. The summed E-state index contributed by atoms with van der Waals surface area (Å²) in [5, 5.41) is 15.3. The Kier molecular flexibility index (Phi) is 6.63. The predicted molar refractivity (Wildman–Crippen MR) is 139 cm³/mol. The van der Waals surface area contributed by atoms with E-state index in [2.05, 4.69) is 75.4 Å². The maximum atomic E-state index is 5.19. The number of nitrogens with zero attached hydrogens (tertiary/aromatic N) is 4. The van der Waals surface area contributed by atoms with Crippen LogP contribution in [-0.2, 0) is 7.05 Å². The molecule has 0 bridgehead atoms. The highest BCUT2D eigenvalue weighted by Gasteiger charge is 2.28. The Balaban J connectivity index is 1.32. The molecule has 35 heavy (non-hydrogen) atoms. The number of ether oxygens (including phenoxy) is 1. The number of fused-ring (bicyclic) bond motifs is 1. The summed E-state index contributed by atoms with van der Waals surface area (Å²) in [6.45, 7) is 3.80. The van der Waals surface area contributed by atoms with Crippen molar-refractivity contribution < 1.29 is 4.74 Å². The average molecular weight is 470 g/mol. The van der Waals surface area contributed by atoms with Crippen LogP contribution < -0.4 is 20.7 Å². The first kappa shape index (κ1) is 22.9. The Bertz CT molecular complexity index is 1260. The molecule has 3 N–H and O–H groups in total. The zero-order valence-electron chi connectivity index (χ0n) is 20.3. The van der Waals surface area contributed by atoms with Gasteiger partial charge in [0.05, 0.1) is 31.1 Å². The van der Waals surface area contributed by atoms with Gasteiger partial charge in [-0.2, -0.15) is 5.10 Å². The van der Waals surface area contributed by atoms with Crippen LogP contribution in [0.1, 0.15) is 30.0 Å². The van der Waals surface area contributed by atoms with Crippen molar-refractivity contribution in [1.29, 1.82) is 0 Å². The van der Waals surface area contributed by atoms with Crippen LogP contribution in [0.25, 0.3) is 11.1 Å². The monoisotopic (exact) mass is 469 g/mol. The molecule has 180 valence electrons. The number of hydrogen-bond donors (Lipinski definition) is 3. The summed E-state index contributed by atoms with van der Waals surface area (Å²) in [5.41, 5.74) is 5.52. The van der Waals surface area contributed by atoms with E-state index in [1.807, 2.05) is 37.9 Å². The first-order chi connectivity index (χ1) is 17.1. The van der Waals surface area contributed by atoms with Crippen LogP contribution in [0.15, 0.2) is 73.3 Å². The van der Waals surface area contributed by atoms with Crippen molar-refractivity contribution in [3.8, 4) is 17.0 Å². The fourth-order valence-corrected chi connectivity index (χ4v) is 4.47. The third-order valence-corrected chi connectivity index (χ3v) is 6.50. The highest BCUT2D eigenvalue weighted by atomic mass is 16.5. The standard InChI is InChI=1S/C27H31N7O/c1-18(20-9-10-25(35-3)29-13-20)12-30-26(19-7-5-4-6-8-19)24-16-28-23-11-21(14-31-27(23)33-24)22-15-32-34(2)17-22/h4-11,13-15,17-18,24,26,28,30H,12,16H2,1-3H3,(H,31,33)/t18-,24-,26-/m1/s1. The SMILES string of the molecule is COc1ccc([C@H](C)CN[C@H](c2ccccc2)[C@H]2CNc3cc(-c4cnn(C)c4)cnc3N2)cn1. The molecule has 1 aliphatic heterocycles. The van der Waals surface area contributed by atoms with Gasteiger partial charge in [0.25, 0.3) is 0 Å². The molecule has 0 spiro atoms. The molecule has 0 unspecified atom stereocenters. The normalized spacial score (nSPS) is 16.5. The van der Waals surface area contributed by atoms with Crippen molar-refractivity contribution >= 4 is 11.5 Å². The topological polar surface area (TPSA) is 88.9 Å². The third kappa shape index (κ3) is 5.12. The molecule has 3 aromatic heterocycles. The van der Waals surface area contributed by atoms with Gasteiger partial charge in [-0.3, -0.25) is 4.68 Å². The molecular formula is C27H31N7O. The second-order valence-electron chi connectivity index (χ2n) is 8.99. The fraction of sp³-hybridized carbons (Fsp3) is 0.296. The van der Waals surface area contributed by atoms with Gasteiger partial charge >= 0.3 is 0 Å². The molecule has 3 atom stereocenters. The minimum absolute atomic E-state index is 0.102. The van der Waals surface area contributed by atoms with Gasteiger partial charge in [-0.15, -0.1) is 0 Å². The number of aryl methyl sites for hydroxylation is 1. The first-order valence-corrected chi connectivity index (χ1v) is 11.9. The van der Waals surface area contributed by atoms with Gasteiger partial charge in [0.1, 0.15) is 5.82 Å². The molecule has 1 aromatic carbocycles. The van der Waals surface area contributed by atoms with E-state index in [1.54, 1.807) is 11.8 Å². The van der Waals surface area contributed by atoms with Gasteiger partial charge in [-0.1, -0.05) is 43.3 Å². The minimum atomic E-state index is 0.102. The summed E-state index contributed by atoms with van der Waals surface area (Å²) in [6.07, 6.45) is 7.65. The van der Waals surface area contributed by atoms with Gasteiger partial charge in [-0.25, -0.2) is 9.97 Å². The maximum absolute atomic E-state index is 5.19. The average Bonchev–Trinajstić information content (AvgIpc) is 3.35. The van der Waals surface area contributed by atoms with Crippen molar-refractivity contribution in [2.45, 2.75) is 24.9 Å². The summed E-state index contributed by atoms with van der Waals surface area (Å²) in [4.78, 5) is 9.09. The number of methoxy groups -OCH3 is 1. The Morgan fingerprint density at radius 3 is 2.63 bits per heavy atom. The molecule has 0 saturated heterocycles. The second kappa shape index (κ2) is 10.1. The Labute approximate surface area is 205 Å². The van der Waals surface area contributed by atoms with Crippen molar-refractivity contribution in [2.75, 3.05) is 30.8 Å². The second-order valence-corrected chi connectivity index (χ2v) is 8.99. The molecule has 4 aromatic rings. The van der Waals surface area contributed by atoms with Crippen molar-refractivity contribution in [3.63, 3.8) is 0 Å². The summed E-state index contributed by atoms with van der Waals surface area (Å²) in [6, 6.07) is 16.9. The lowest BCUT2D eigenvalue weighted by atomic mass is 9.95. The smallest absolute Gasteiger partial charge is 0.212 e. The van der Waals surface area contributed by atoms with Crippen LogP contribution in [0.4, 0.5) is 11.5 Å². The lowest BCUT2D eigenvalue weighted by Gasteiger charge is -2.35. The van der Waals surface area contributed by atoms with E-state index in [0.717, 1.165) is 35.7 Å². The minimum Gasteiger partial charge on any atom is -0.481 e. The van der Waals surface area contributed by atoms with Gasteiger partial charge < -0.3 is 20.7 Å². The van der Waals surface area contributed by atoms with E-state index in [4.69, 9.17) is 9.72 Å². The Hall–Kier alpha value is -3.91. The molecule has 0 aliphatic carbocycles. The molecule has 1 aliphatic rings. The lowest BCUT2D eigenvalue weighted by Crippen LogP contribution is -2.45. The number of nitrogens with one attached hydrogen (secondary N) is 3. The van der Waals surface area contributed by atoms with Crippen molar-refractivity contribution in [3.05, 3.63) is 84.4 Å². The van der Waals surface area contributed by atoms with Gasteiger partial charge in [0.2, 0.25) is 5.88 Å². The molecule has 8 heteroatoms. The lowest BCUT2D eigenvalue weighted by molar-refractivity contribution is 0.397. The largest absolute Gasteiger partial charge is 0.481 e. The number of anilines is 2. The molecule has 0 amide bonds. The number of benzene rings is 1. The van der Waals surface area contributed by atoms with Gasteiger partial charge in [-0.05, 0) is 23.1 Å². The summed E-state index contributed by atoms with van der Waals surface area (Å²) >= 11 is 0. The van der Waals surface area contributed by atoms with Crippen LogP contribution in [0.2, 0.25) is 0 Å². The summed E-state index contributed by atoms with van der Waals surface area (Å²) < 4.78 is 7.00. The Morgan fingerprint density at radius 2 is 1.91 bits per heavy atom. The van der Waals surface area contributed by atoms with Gasteiger partial charge in [0, 0.05) is 55.9 Å². The van der Waals surface area contributed by atoms with Gasteiger partial charge in [0.15, 0.2) is 0 Å². The first-order valence-electron chi connectivity index (χ1n) is 11.9. The Morgan fingerprint density at radius 1 is 1.06 bits per heavy atom. The van der Waals surface area contributed by atoms with E-state index in [-0.39, 0.29) is 12.1 Å². The number of rotatable bonds is 8. The van der Waals surface area contributed by atoms with E-state index in [1.165, 1.54) is 11.1 Å². The number of hydrogen-bond acceptors (Lipinski definition) is 7. The quantitative estimate of drug-likeness (QED) is 0.356. The number of aromatic nitrogens is 4. The van der Waals surface area contributed by atoms with E-state index in [0.29, 0.717) is 11.8 Å². The fourth-order valence-electron chi connectivity index (χ4n) is 4.47. The van der Waals surface area contributed by atoms with Crippen LogP contribution in [-0.4, -0.2) is 46.0 Å². The molecule has 0 saturated carbocycles. The molecule has 5 rings (SSSR count). The van der Waals surface area contributed by atoms with Crippen LogP contribution >= 0.6 is 0 Å². The zero-order valence-corrected chi connectivity index (χ0v) is 20.3. The third-order valence-electron chi connectivity index (χ3n) is 6.50. The van der Waals surface area contributed by atoms with Crippen LogP contribution in [0.5, 0.6) is 5.88 Å². The van der Waals surface area contributed by atoms with E-state index < -0.39 is 0 Å². The molecule has 8 nitrogen and oxygen atoms in total. The highest BCUT2D eigenvalue weighted by molar-refractivity contribution is 5.75. The van der Waals surface area contributed by atoms with Crippen molar-refractivity contribution in [1.82, 2.24) is 25.1 Å². The maximum Gasteiger partial charge on any atom is 0.212 e. The van der Waals surface area contributed by atoms with E-state index >= 15 is 0 Å². The molecular weight excluding hydrogens is 438 g/mol. The number of pyridine rings is 2. The van der Waals surface area contributed by atoms with Crippen molar-refractivity contribution in [2.24, 2.45) is 7.05 Å².